The summed E-state index contributed by atoms with van der Waals surface area (Å²) in [6, 6.07) is 4.73. The van der Waals surface area contributed by atoms with Crippen LogP contribution < -0.4 is 10.5 Å². The van der Waals surface area contributed by atoms with Crippen LogP contribution in [-0.2, 0) is 6.54 Å². The number of nitrogens with two attached hydrogens (primary N) is 1. The molecule has 0 aromatic heterocycles. The maximum atomic E-state index is 13.8. The summed E-state index contributed by atoms with van der Waals surface area (Å²) >= 11 is 0. The average Bonchev–Trinajstić information content (AvgIpc) is 2.57. The van der Waals surface area contributed by atoms with Gasteiger partial charge in [-0.25, -0.2) is 4.39 Å². The minimum Gasteiger partial charge on any atom is -0.485 e. The first-order valence-corrected chi connectivity index (χ1v) is 6.54. The molecule has 1 saturated carbocycles. The maximum absolute atomic E-state index is 13.8. The fourth-order valence-electron chi connectivity index (χ4n) is 2.32. The van der Waals surface area contributed by atoms with Gasteiger partial charge in [-0.3, -0.25) is 0 Å². The van der Waals surface area contributed by atoms with Crippen molar-refractivity contribution in [3.8, 4) is 5.75 Å². The predicted octanol–water partition coefficient (Wildman–Crippen LogP) is 2.36. The van der Waals surface area contributed by atoms with Crippen LogP contribution in [0.25, 0.3) is 0 Å². The van der Waals surface area contributed by atoms with Gasteiger partial charge in [0.1, 0.15) is 6.10 Å². The van der Waals surface area contributed by atoms with Crippen molar-refractivity contribution in [1.29, 1.82) is 0 Å². The van der Waals surface area contributed by atoms with Crippen molar-refractivity contribution in [1.82, 2.24) is 0 Å². The summed E-state index contributed by atoms with van der Waals surface area (Å²) in [6.45, 7) is 0.309. The quantitative estimate of drug-likeness (QED) is 0.813. The largest absolute Gasteiger partial charge is 0.485 e. The van der Waals surface area contributed by atoms with Gasteiger partial charge in [-0.2, -0.15) is 0 Å². The lowest BCUT2D eigenvalue weighted by Gasteiger charge is -2.22. The molecule has 1 aromatic rings. The van der Waals surface area contributed by atoms with E-state index in [0.717, 1.165) is 37.7 Å². The monoisotopic (exact) mass is 253 g/mol. The Morgan fingerprint density at radius 2 is 2.06 bits per heavy atom. The molecule has 4 heteroatoms. The van der Waals surface area contributed by atoms with Crippen molar-refractivity contribution in [2.24, 2.45) is 5.73 Å². The molecule has 0 aliphatic heterocycles. The molecule has 0 heterocycles. The zero-order valence-corrected chi connectivity index (χ0v) is 10.4. The highest BCUT2D eigenvalue weighted by molar-refractivity contribution is 5.29. The Kier molecular flexibility index (Phi) is 4.55. The summed E-state index contributed by atoms with van der Waals surface area (Å²) in [7, 11) is 0. The fourth-order valence-corrected chi connectivity index (χ4v) is 2.32. The highest BCUT2D eigenvalue weighted by atomic mass is 19.1. The molecule has 2 unspecified atom stereocenters. The lowest BCUT2D eigenvalue weighted by atomic mass is 10.1. The van der Waals surface area contributed by atoms with Crippen LogP contribution in [-0.4, -0.2) is 17.3 Å². The third-order valence-corrected chi connectivity index (χ3v) is 3.43. The number of halogens is 1. The molecule has 3 N–H and O–H groups in total. The van der Waals surface area contributed by atoms with E-state index < -0.39 is 11.9 Å². The van der Waals surface area contributed by atoms with Crippen LogP contribution in [0.2, 0.25) is 0 Å². The van der Waals surface area contributed by atoms with Gasteiger partial charge in [0.05, 0.1) is 6.10 Å². The van der Waals surface area contributed by atoms with Crippen LogP contribution in [0.1, 0.15) is 37.7 Å². The maximum Gasteiger partial charge on any atom is 0.165 e. The summed E-state index contributed by atoms with van der Waals surface area (Å²) in [4.78, 5) is 0. The summed E-state index contributed by atoms with van der Waals surface area (Å²) in [5, 5.41) is 9.93. The normalized spacial score (nSPS) is 24.6. The second kappa shape index (κ2) is 6.16. The number of hydrogen-bond acceptors (Lipinski definition) is 3. The molecule has 1 fully saturated rings. The smallest absolute Gasteiger partial charge is 0.165 e. The summed E-state index contributed by atoms with van der Waals surface area (Å²) in [5.41, 5.74) is 6.19. The van der Waals surface area contributed by atoms with E-state index in [1.165, 1.54) is 6.07 Å². The number of hydrogen-bond donors (Lipinski definition) is 2. The highest BCUT2D eigenvalue weighted by Gasteiger charge is 2.24. The van der Waals surface area contributed by atoms with E-state index in [-0.39, 0.29) is 11.9 Å². The minimum absolute atomic E-state index is 0.207. The highest BCUT2D eigenvalue weighted by Crippen LogP contribution is 2.25. The van der Waals surface area contributed by atoms with Crippen LogP contribution in [0, 0.1) is 5.82 Å². The fraction of sp³-hybridized carbons (Fsp3) is 0.571. The van der Waals surface area contributed by atoms with Crippen molar-refractivity contribution < 1.29 is 14.2 Å². The Morgan fingerprint density at radius 3 is 2.78 bits per heavy atom. The van der Waals surface area contributed by atoms with Crippen LogP contribution in [0.5, 0.6) is 5.75 Å². The molecule has 3 nitrogen and oxygen atoms in total. The average molecular weight is 253 g/mol. The van der Waals surface area contributed by atoms with E-state index >= 15 is 0 Å². The van der Waals surface area contributed by atoms with Gasteiger partial charge in [0.25, 0.3) is 0 Å². The van der Waals surface area contributed by atoms with E-state index in [1.807, 2.05) is 0 Å². The Balaban J connectivity index is 2.07. The third-order valence-electron chi connectivity index (χ3n) is 3.43. The van der Waals surface area contributed by atoms with Crippen molar-refractivity contribution in [2.75, 3.05) is 0 Å². The zero-order chi connectivity index (χ0) is 13.0. The van der Waals surface area contributed by atoms with Gasteiger partial charge in [0, 0.05) is 6.54 Å². The Labute approximate surface area is 107 Å². The molecule has 0 saturated heterocycles. The van der Waals surface area contributed by atoms with Gasteiger partial charge in [-0.1, -0.05) is 18.9 Å². The van der Waals surface area contributed by atoms with Gasteiger partial charge in [-0.05, 0) is 37.0 Å². The number of aliphatic hydroxyl groups is 1. The molecule has 0 spiro atoms. The summed E-state index contributed by atoms with van der Waals surface area (Å²) in [5.74, 6) is -0.201. The molecule has 0 amide bonds. The molecule has 100 valence electrons. The number of aliphatic hydroxyl groups excluding tert-OH is 1. The van der Waals surface area contributed by atoms with Gasteiger partial charge in [0.2, 0.25) is 0 Å². The van der Waals surface area contributed by atoms with Gasteiger partial charge < -0.3 is 15.6 Å². The van der Waals surface area contributed by atoms with E-state index in [0.29, 0.717) is 6.54 Å². The van der Waals surface area contributed by atoms with Gasteiger partial charge >= 0.3 is 0 Å². The molecule has 0 bridgehead atoms. The molecule has 0 radical (unpaired) electrons. The van der Waals surface area contributed by atoms with Crippen molar-refractivity contribution >= 4 is 0 Å². The van der Waals surface area contributed by atoms with Crippen molar-refractivity contribution in [2.45, 2.75) is 50.9 Å². The van der Waals surface area contributed by atoms with E-state index in [4.69, 9.17) is 10.5 Å². The Morgan fingerprint density at radius 1 is 1.28 bits per heavy atom. The first-order chi connectivity index (χ1) is 8.70. The van der Waals surface area contributed by atoms with Crippen LogP contribution in [0.15, 0.2) is 18.2 Å². The summed E-state index contributed by atoms with van der Waals surface area (Å²) in [6.07, 6.45) is 3.84. The number of rotatable bonds is 3. The van der Waals surface area contributed by atoms with Crippen LogP contribution in [0.4, 0.5) is 4.39 Å². The van der Waals surface area contributed by atoms with Gasteiger partial charge in [0.15, 0.2) is 11.6 Å². The van der Waals surface area contributed by atoms with E-state index in [9.17, 15) is 9.50 Å². The SMILES string of the molecule is NCc1ccc(OC2CCCCCC2O)c(F)c1. The first kappa shape index (κ1) is 13.3. The minimum atomic E-state index is -0.499. The lowest BCUT2D eigenvalue weighted by Crippen LogP contribution is -2.30. The second-order valence-electron chi connectivity index (χ2n) is 4.83. The molecular formula is C14H20FNO2. The molecule has 1 aliphatic carbocycles. The Bertz CT molecular complexity index is 397. The van der Waals surface area contributed by atoms with Crippen molar-refractivity contribution in [3.63, 3.8) is 0 Å². The topological polar surface area (TPSA) is 55.5 Å². The standard InChI is InChI=1S/C14H20FNO2/c15-11-8-10(9-16)6-7-13(11)18-14-5-3-1-2-4-12(14)17/h6-8,12,14,17H,1-5,9,16H2. The molecule has 18 heavy (non-hydrogen) atoms. The third kappa shape index (κ3) is 3.21. The Hall–Kier alpha value is -1.13. The second-order valence-corrected chi connectivity index (χ2v) is 4.83. The molecular weight excluding hydrogens is 233 g/mol. The van der Waals surface area contributed by atoms with E-state index in [1.54, 1.807) is 12.1 Å². The molecule has 1 aromatic carbocycles. The number of ether oxygens (including phenoxy) is 1. The molecule has 2 rings (SSSR count). The van der Waals surface area contributed by atoms with E-state index in [2.05, 4.69) is 0 Å². The predicted molar refractivity (Wildman–Crippen MR) is 67.8 cm³/mol. The lowest BCUT2D eigenvalue weighted by molar-refractivity contribution is 0.0298. The first-order valence-electron chi connectivity index (χ1n) is 6.54. The van der Waals surface area contributed by atoms with Crippen LogP contribution in [0.3, 0.4) is 0 Å². The zero-order valence-electron chi connectivity index (χ0n) is 10.4. The van der Waals surface area contributed by atoms with Crippen LogP contribution >= 0.6 is 0 Å². The summed E-state index contributed by atoms with van der Waals surface area (Å²) < 4.78 is 19.4. The number of benzene rings is 1. The van der Waals surface area contributed by atoms with Crippen molar-refractivity contribution in [3.05, 3.63) is 29.6 Å². The molecule has 2 atom stereocenters. The molecule has 1 aliphatic rings. The van der Waals surface area contributed by atoms with Gasteiger partial charge in [-0.15, -0.1) is 0 Å².